The summed E-state index contributed by atoms with van der Waals surface area (Å²) in [5.74, 6) is 0. The number of hydrogen-bond acceptors (Lipinski definition) is 5. The molecule has 2 heterocycles. The van der Waals surface area contributed by atoms with Crippen molar-refractivity contribution < 1.29 is 0 Å². The van der Waals surface area contributed by atoms with Crippen LogP contribution in [-0.2, 0) is 0 Å². The lowest BCUT2D eigenvalue weighted by Crippen LogP contribution is -1.86. The summed E-state index contributed by atoms with van der Waals surface area (Å²) in [6.45, 7) is 0. The van der Waals surface area contributed by atoms with E-state index in [4.69, 9.17) is 5.73 Å². The van der Waals surface area contributed by atoms with Crippen molar-refractivity contribution in [1.29, 1.82) is 0 Å². The zero-order chi connectivity index (χ0) is 12.4. The summed E-state index contributed by atoms with van der Waals surface area (Å²) in [5.41, 5.74) is 8.59. The highest BCUT2D eigenvalue weighted by Crippen LogP contribution is 2.34. The Morgan fingerprint density at radius 2 is 1.89 bits per heavy atom. The first kappa shape index (κ1) is 10.9. The third-order valence-electron chi connectivity index (χ3n) is 2.48. The molecule has 88 valence electrons. The lowest BCUT2D eigenvalue weighted by molar-refractivity contribution is 1.19. The molecule has 0 aliphatic rings. The number of nitrogen functional groups attached to an aromatic ring is 1. The van der Waals surface area contributed by atoms with Crippen molar-refractivity contribution in [3.63, 3.8) is 0 Å². The second kappa shape index (κ2) is 4.54. The molecule has 0 saturated carbocycles. The van der Waals surface area contributed by atoms with Crippen LogP contribution in [0.2, 0.25) is 0 Å². The Bertz CT molecular complexity index is 649. The summed E-state index contributed by atoms with van der Waals surface area (Å²) in [4.78, 5) is 12.8. The molecule has 3 aromatic rings. The molecule has 3 rings (SSSR count). The lowest BCUT2D eigenvalue weighted by atomic mass is 10.2. The topological polar surface area (TPSA) is 64.7 Å². The molecular weight excluding hydrogens is 244 g/mol. The summed E-state index contributed by atoms with van der Waals surface area (Å²) in [6, 6.07) is 9.89. The Kier molecular flexibility index (Phi) is 2.74. The molecule has 18 heavy (non-hydrogen) atoms. The van der Waals surface area contributed by atoms with E-state index >= 15 is 0 Å². The highest BCUT2D eigenvalue weighted by atomic mass is 32.1. The third kappa shape index (κ3) is 1.96. The molecule has 0 radical (unpaired) electrons. The summed E-state index contributed by atoms with van der Waals surface area (Å²) in [6.07, 6.45) is 4.97. The minimum atomic E-state index is 0.696. The monoisotopic (exact) mass is 254 g/mol. The van der Waals surface area contributed by atoms with Crippen LogP contribution in [0.3, 0.4) is 0 Å². The number of nitrogens with zero attached hydrogens (tertiary/aromatic N) is 3. The first-order valence-electron chi connectivity index (χ1n) is 5.43. The van der Waals surface area contributed by atoms with Crippen molar-refractivity contribution in [2.45, 2.75) is 0 Å². The van der Waals surface area contributed by atoms with Gasteiger partial charge in [-0.05, 0) is 0 Å². The largest absolute Gasteiger partial charge is 0.389 e. The number of rotatable bonds is 2. The van der Waals surface area contributed by atoms with Gasteiger partial charge in [-0.25, -0.2) is 4.98 Å². The van der Waals surface area contributed by atoms with Gasteiger partial charge in [0.1, 0.15) is 21.4 Å². The van der Waals surface area contributed by atoms with Crippen LogP contribution in [0.1, 0.15) is 0 Å². The lowest BCUT2D eigenvalue weighted by Gasteiger charge is -1.96. The Labute approximate surface area is 108 Å². The molecule has 0 saturated heterocycles. The molecule has 0 unspecified atom stereocenters. The predicted octanol–water partition coefficient (Wildman–Crippen LogP) is 2.85. The fourth-order valence-electron chi connectivity index (χ4n) is 1.65. The normalized spacial score (nSPS) is 10.4. The van der Waals surface area contributed by atoms with E-state index in [1.807, 2.05) is 30.3 Å². The number of benzene rings is 1. The van der Waals surface area contributed by atoms with Gasteiger partial charge in [0, 0.05) is 18.0 Å². The quantitative estimate of drug-likeness (QED) is 0.763. The van der Waals surface area contributed by atoms with Gasteiger partial charge in [0.05, 0.1) is 6.20 Å². The molecule has 2 N–H and O–H groups in total. The maximum absolute atomic E-state index is 6.02. The number of anilines is 1. The Balaban J connectivity index is 2.07. The van der Waals surface area contributed by atoms with Gasteiger partial charge in [-0.2, -0.15) is 0 Å². The summed E-state index contributed by atoms with van der Waals surface area (Å²) >= 11 is 1.43. The average molecular weight is 254 g/mol. The van der Waals surface area contributed by atoms with Gasteiger partial charge in [0.2, 0.25) is 0 Å². The molecule has 5 heteroatoms. The number of nitrogens with two attached hydrogens (primary N) is 1. The predicted molar refractivity (Wildman–Crippen MR) is 73.0 cm³/mol. The second-order valence-electron chi connectivity index (χ2n) is 3.69. The van der Waals surface area contributed by atoms with Crippen LogP contribution < -0.4 is 5.73 Å². The van der Waals surface area contributed by atoms with Gasteiger partial charge < -0.3 is 5.73 Å². The number of thiazole rings is 1. The Morgan fingerprint density at radius 3 is 2.61 bits per heavy atom. The molecule has 1 aromatic carbocycles. The fraction of sp³-hybridized carbons (Fsp3) is 0. The molecule has 0 amide bonds. The van der Waals surface area contributed by atoms with Crippen molar-refractivity contribution in [2.75, 3.05) is 5.73 Å². The highest BCUT2D eigenvalue weighted by Gasteiger charge is 2.12. The minimum absolute atomic E-state index is 0.696. The van der Waals surface area contributed by atoms with E-state index in [0.717, 1.165) is 22.0 Å². The first-order chi connectivity index (χ1) is 8.84. The van der Waals surface area contributed by atoms with E-state index in [0.29, 0.717) is 5.00 Å². The van der Waals surface area contributed by atoms with Crippen molar-refractivity contribution in [3.05, 3.63) is 48.9 Å². The minimum Gasteiger partial charge on any atom is -0.389 e. The van der Waals surface area contributed by atoms with Crippen molar-refractivity contribution in [1.82, 2.24) is 15.0 Å². The molecular formula is C13H10N4S. The molecule has 0 fully saturated rings. The van der Waals surface area contributed by atoms with E-state index in [9.17, 15) is 0 Å². The second-order valence-corrected chi connectivity index (χ2v) is 4.72. The molecule has 0 bridgehead atoms. The maximum atomic E-state index is 6.02. The number of hydrogen-bond donors (Lipinski definition) is 1. The van der Waals surface area contributed by atoms with Gasteiger partial charge in [-0.3, -0.25) is 9.97 Å². The highest BCUT2D eigenvalue weighted by molar-refractivity contribution is 7.19. The molecule has 0 aliphatic carbocycles. The SMILES string of the molecule is Nc1sc(-c2cnccn2)nc1-c1ccccc1. The van der Waals surface area contributed by atoms with Crippen LogP contribution >= 0.6 is 11.3 Å². The van der Waals surface area contributed by atoms with Gasteiger partial charge in [-0.15, -0.1) is 0 Å². The summed E-state index contributed by atoms with van der Waals surface area (Å²) in [7, 11) is 0. The molecule has 2 aromatic heterocycles. The molecule has 4 nitrogen and oxygen atoms in total. The Morgan fingerprint density at radius 1 is 1.06 bits per heavy atom. The van der Waals surface area contributed by atoms with Gasteiger partial charge in [0.25, 0.3) is 0 Å². The van der Waals surface area contributed by atoms with Crippen LogP contribution in [0, 0.1) is 0 Å². The van der Waals surface area contributed by atoms with Crippen LogP contribution in [0.25, 0.3) is 22.0 Å². The van der Waals surface area contributed by atoms with Gasteiger partial charge in [-0.1, -0.05) is 41.7 Å². The van der Waals surface area contributed by atoms with Crippen molar-refractivity contribution in [3.8, 4) is 22.0 Å². The molecule has 0 aliphatic heterocycles. The maximum Gasteiger partial charge on any atom is 0.146 e. The first-order valence-corrected chi connectivity index (χ1v) is 6.24. The van der Waals surface area contributed by atoms with E-state index in [-0.39, 0.29) is 0 Å². The van der Waals surface area contributed by atoms with Gasteiger partial charge in [0.15, 0.2) is 0 Å². The zero-order valence-electron chi connectivity index (χ0n) is 9.45. The van der Waals surface area contributed by atoms with Crippen LogP contribution in [0.15, 0.2) is 48.9 Å². The van der Waals surface area contributed by atoms with Crippen LogP contribution in [-0.4, -0.2) is 15.0 Å². The standard InChI is InChI=1S/C13H10N4S/c14-12-11(9-4-2-1-3-5-9)17-13(18-12)10-8-15-6-7-16-10/h1-8H,14H2. The zero-order valence-corrected chi connectivity index (χ0v) is 10.3. The van der Waals surface area contributed by atoms with E-state index < -0.39 is 0 Å². The van der Waals surface area contributed by atoms with Gasteiger partial charge >= 0.3 is 0 Å². The average Bonchev–Trinajstić information content (AvgIpc) is 2.83. The van der Waals surface area contributed by atoms with E-state index in [2.05, 4.69) is 15.0 Å². The van der Waals surface area contributed by atoms with Crippen LogP contribution in [0.4, 0.5) is 5.00 Å². The third-order valence-corrected chi connectivity index (χ3v) is 3.39. The molecule has 0 spiro atoms. The summed E-state index contributed by atoms with van der Waals surface area (Å²) < 4.78 is 0. The van der Waals surface area contributed by atoms with E-state index in [1.54, 1.807) is 18.6 Å². The Hall–Kier alpha value is -2.27. The van der Waals surface area contributed by atoms with Crippen molar-refractivity contribution in [2.24, 2.45) is 0 Å². The number of aromatic nitrogens is 3. The fourth-order valence-corrected chi connectivity index (χ4v) is 2.47. The van der Waals surface area contributed by atoms with Crippen LogP contribution in [0.5, 0.6) is 0 Å². The smallest absolute Gasteiger partial charge is 0.146 e. The molecule has 0 atom stereocenters. The van der Waals surface area contributed by atoms with E-state index in [1.165, 1.54) is 11.3 Å². The summed E-state index contributed by atoms with van der Waals surface area (Å²) in [5, 5.41) is 1.49. The van der Waals surface area contributed by atoms with Crippen molar-refractivity contribution >= 4 is 16.3 Å².